The maximum Gasteiger partial charge on any atom is 0.0597 e. The number of rotatable bonds is 4. The van der Waals surface area contributed by atoms with Gasteiger partial charge in [-0.2, -0.15) is 5.10 Å². The van der Waals surface area contributed by atoms with Crippen molar-refractivity contribution in [2.24, 2.45) is 5.73 Å². The fraction of sp³-hybridized carbons (Fsp3) is 0.400. The maximum atomic E-state index is 6.29. The Balaban J connectivity index is 2.16. The Kier molecular flexibility index (Phi) is 3.82. The number of aromatic nitrogens is 2. The average molecular weight is 243 g/mol. The van der Waals surface area contributed by atoms with Gasteiger partial charge in [-0.25, -0.2) is 0 Å². The summed E-state index contributed by atoms with van der Waals surface area (Å²) in [5, 5.41) is 4.44. The van der Waals surface area contributed by atoms with Gasteiger partial charge in [0.15, 0.2) is 0 Å². The van der Waals surface area contributed by atoms with Crippen molar-refractivity contribution in [2.75, 3.05) is 0 Å². The van der Waals surface area contributed by atoms with Crippen molar-refractivity contribution in [2.45, 2.75) is 39.8 Å². The first kappa shape index (κ1) is 12.8. The Hall–Kier alpha value is -1.61. The quantitative estimate of drug-likeness (QED) is 0.897. The van der Waals surface area contributed by atoms with E-state index in [9.17, 15) is 0 Å². The van der Waals surface area contributed by atoms with E-state index < -0.39 is 0 Å². The van der Waals surface area contributed by atoms with Crippen LogP contribution in [-0.2, 0) is 13.0 Å². The molecular formula is C15H21N3. The highest BCUT2D eigenvalue weighted by Crippen LogP contribution is 2.17. The normalized spacial score (nSPS) is 12.7. The second kappa shape index (κ2) is 5.36. The predicted molar refractivity (Wildman–Crippen MR) is 74.4 cm³/mol. The third kappa shape index (κ3) is 2.79. The summed E-state index contributed by atoms with van der Waals surface area (Å²) < 4.78 is 1.99. The van der Waals surface area contributed by atoms with Crippen LogP contribution in [0.2, 0.25) is 0 Å². The topological polar surface area (TPSA) is 43.8 Å². The van der Waals surface area contributed by atoms with E-state index in [0.717, 1.165) is 24.4 Å². The van der Waals surface area contributed by atoms with Gasteiger partial charge in [0.25, 0.3) is 0 Å². The second-order valence-electron chi connectivity index (χ2n) is 4.82. The van der Waals surface area contributed by atoms with Gasteiger partial charge in [-0.15, -0.1) is 0 Å². The van der Waals surface area contributed by atoms with Crippen LogP contribution < -0.4 is 5.73 Å². The zero-order chi connectivity index (χ0) is 13.1. The molecule has 2 N–H and O–H groups in total. The molecule has 1 aromatic heterocycles. The standard InChI is InChI=1S/C15H21N3/c1-4-18-15(9-12(3)17-18)14(16)10-13-7-5-11(2)6-8-13/h5-9,14H,4,10,16H2,1-3H3. The van der Waals surface area contributed by atoms with Crippen molar-refractivity contribution in [3.05, 3.63) is 52.8 Å². The van der Waals surface area contributed by atoms with Crippen LogP contribution in [0.15, 0.2) is 30.3 Å². The smallest absolute Gasteiger partial charge is 0.0597 e. The molecule has 0 saturated carbocycles. The van der Waals surface area contributed by atoms with Gasteiger partial charge in [-0.05, 0) is 38.8 Å². The monoisotopic (exact) mass is 243 g/mol. The van der Waals surface area contributed by atoms with Crippen molar-refractivity contribution in [3.8, 4) is 0 Å². The van der Waals surface area contributed by atoms with E-state index in [2.05, 4.69) is 49.3 Å². The lowest BCUT2D eigenvalue weighted by atomic mass is 10.0. The van der Waals surface area contributed by atoms with Crippen LogP contribution in [0.5, 0.6) is 0 Å². The molecule has 0 saturated heterocycles. The molecule has 2 rings (SSSR count). The third-order valence-corrected chi connectivity index (χ3v) is 3.19. The van der Waals surface area contributed by atoms with E-state index >= 15 is 0 Å². The number of nitrogens with zero attached hydrogens (tertiary/aromatic N) is 2. The highest BCUT2D eigenvalue weighted by Gasteiger charge is 2.13. The molecule has 0 radical (unpaired) electrons. The largest absolute Gasteiger partial charge is 0.322 e. The molecule has 1 heterocycles. The molecule has 1 unspecified atom stereocenters. The molecule has 0 aliphatic carbocycles. The summed E-state index contributed by atoms with van der Waals surface area (Å²) in [5.74, 6) is 0. The first-order valence-electron chi connectivity index (χ1n) is 6.45. The van der Waals surface area contributed by atoms with E-state index in [4.69, 9.17) is 5.73 Å². The summed E-state index contributed by atoms with van der Waals surface area (Å²) in [6.07, 6.45) is 0.853. The SMILES string of the molecule is CCn1nc(C)cc1C(N)Cc1ccc(C)cc1. The van der Waals surface area contributed by atoms with Gasteiger partial charge in [0.2, 0.25) is 0 Å². The molecule has 3 heteroatoms. The highest BCUT2D eigenvalue weighted by molar-refractivity contribution is 5.24. The first-order valence-corrected chi connectivity index (χ1v) is 6.45. The van der Waals surface area contributed by atoms with Crippen LogP contribution in [-0.4, -0.2) is 9.78 Å². The minimum atomic E-state index is 0.00820. The van der Waals surface area contributed by atoms with Crippen molar-refractivity contribution in [3.63, 3.8) is 0 Å². The van der Waals surface area contributed by atoms with Crippen molar-refractivity contribution < 1.29 is 0 Å². The summed E-state index contributed by atoms with van der Waals surface area (Å²) in [5.41, 5.74) is 11.0. The summed E-state index contributed by atoms with van der Waals surface area (Å²) >= 11 is 0. The van der Waals surface area contributed by atoms with Crippen LogP contribution >= 0.6 is 0 Å². The van der Waals surface area contributed by atoms with Gasteiger partial charge in [0, 0.05) is 6.54 Å². The molecule has 0 aliphatic rings. The van der Waals surface area contributed by atoms with Crippen molar-refractivity contribution in [1.82, 2.24) is 9.78 Å². The molecule has 0 fully saturated rings. The van der Waals surface area contributed by atoms with E-state index in [-0.39, 0.29) is 6.04 Å². The minimum absolute atomic E-state index is 0.00820. The molecule has 1 atom stereocenters. The van der Waals surface area contributed by atoms with Crippen LogP contribution in [0, 0.1) is 13.8 Å². The van der Waals surface area contributed by atoms with Gasteiger partial charge in [0.1, 0.15) is 0 Å². The molecule has 1 aromatic carbocycles. The molecule has 0 bridgehead atoms. The first-order chi connectivity index (χ1) is 8.60. The van der Waals surface area contributed by atoms with Gasteiger partial charge < -0.3 is 5.73 Å². The van der Waals surface area contributed by atoms with Gasteiger partial charge in [-0.3, -0.25) is 4.68 Å². The molecular weight excluding hydrogens is 222 g/mol. The van der Waals surface area contributed by atoms with Gasteiger partial charge >= 0.3 is 0 Å². The van der Waals surface area contributed by atoms with E-state index in [0.29, 0.717) is 0 Å². The van der Waals surface area contributed by atoms with Crippen LogP contribution in [0.1, 0.15) is 35.5 Å². The van der Waals surface area contributed by atoms with Crippen LogP contribution in [0.25, 0.3) is 0 Å². The van der Waals surface area contributed by atoms with Crippen molar-refractivity contribution >= 4 is 0 Å². The Bertz CT molecular complexity index is 511. The lowest BCUT2D eigenvalue weighted by Gasteiger charge is -2.13. The number of benzene rings is 1. The molecule has 96 valence electrons. The summed E-state index contributed by atoms with van der Waals surface area (Å²) in [4.78, 5) is 0. The molecule has 18 heavy (non-hydrogen) atoms. The Labute approximate surface area is 109 Å². The molecule has 0 aliphatic heterocycles. The molecule has 0 spiro atoms. The zero-order valence-electron chi connectivity index (χ0n) is 11.4. The van der Waals surface area contributed by atoms with E-state index in [1.807, 2.05) is 11.6 Å². The van der Waals surface area contributed by atoms with Gasteiger partial charge in [-0.1, -0.05) is 29.8 Å². The zero-order valence-corrected chi connectivity index (χ0v) is 11.4. The second-order valence-corrected chi connectivity index (χ2v) is 4.82. The third-order valence-electron chi connectivity index (χ3n) is 3.19. The van der Waals surface area contributed by atoms with Crippen LogP contribution in [0.4, 0.5) is 0 Å². The number of hydrogen-bond acceptors (Lipinski definition) is 2. The Morgan fingerprint density at radius 3 is 2.50 bits per heavy atom. The number of nitrogens with two attached hydrogens (primary N) is 1. The van der Waals surface area contributed by atoms with Crippen molar-refractivity contribution in [1.29, 1.82) is 0 Å². The predicted octanol–water partition coefficient (Wildman–Crippen LogP) is 2.76. The molecule has 3 nitrogen and oxygen atoms in total. The lowest BCUT2D eigenvalue weighted by molar-refractivity contribution is 0.566. The Morgan fingerprint density at radius 2 is 1.89 bits per heavy atom. The van der Waals surface area contributed by atoms with E-state index in [1.54, 1.807) is 0 Å². The van der Waals surface area contributed by atoms with E-state index in [1.165, 1.54) is 11.1 Å². The fourth-order valence-corrected chi connectivity index (χ4v) is 2.20. The number of aryl methyl sites for hydroxylation is 3. The maximum absolute atomic E-state index is 6.29. The fourth-order valence-electron chi connectivity index (χ4n) is 2.20. The Morgan fingerprint density at radius 1 is 1.22 bits per heavy atom. The van der Waals surface area contributed by atoms with Gasteiger partial charge in [0.05, 0.1) is 17.4 Å². The van der Waals surface area contributed by atoms with Crippen LogP contribution in [0.3, 0.4) is 0 Å². The molecule has 2 aromatic rings. The highest BCUT2D eigenvalue weighted by atomic mass is 15.3. The number of hydrogen-bond donors (Lipinski definition) is 1. The minimum Gasteiger partial charge on any atom is -0.322 e. The summed E-state index contributed by atoms with van der Waals surface area (Å²) in [7, 11) is 0. The average Bonchev–Trinajstić information content (AvgIpc) is 2.73. The summed E-state index contributed by atoms with van der Waals surface area (Å²) in [6.45, 7) is 7.06. The summed E-state index contributed by atoms with van der Waals surface area (Å²) in [6, 6.07) is 10.6. The molecule has 0 amide bonds. The lowest BCUT2D eigenvalue weighted by Crippen LogP contribution is -2.18.